The van der Waals surface area contributed by atoms with E-state index in [0.717, 1.165) is 17.0 Å². The van der Waals surface area contributed by atoms with E-state index in [9.17, 15) is 13.2 Å². The number of nitrogens with zero attached hydrogens (tertiary/aromatic N) is 4. The van der Waals surface area contributed by atoms with Gasteiger partial charge in [-0.1, -0.05) is 6.07 Å². The summed E-state index contributed by atoms with van der Waals surface area (Å²) in [5.74, 6) is 0.195. The summed E-state index contributed by atoms with van der Waals surface area (Å²) in [6, 6.07) is 5.41. The fourth-order valence-corrected chi connectivity index (χ4v) is 6.11. The standard InChI is InChI=1S/C17H22N4O3S/c1-12-13(20-6-4-3-5-16(20)18-12)9-17(22)21-8-7-19(2)14-10-25(23,24)11-15(14)21/h3-6,14-15H,7-11H2,1-2H3/t14-,15+/m0/s1. The van der Waals surface area contributed by atoms with Gasteiger partial charge < -0.3 is 9.30 Å². The number of sulfone groups is 1. The third-order valence-corrected chi connectivity index (χ3v) is 7.12. The number of hydrogen-bond acceptors (Lipinski definition) is 5. The van der Waals surface area contributed by atoms with Crippen molar-refractivity contribution in [2.75, 3.05) is 31.6 Å². The minimum absolute atomic E-state index is 0.0195. The second kappa shape index (κ2) is 5.81. The molecular weight excluding hydrogens is 340 g/mol. The Morgan fingerprint density at radius 1 is 1.24 bits per heavy atom. The van der Waals surface area contributed by atoms with E-state index < -0.39 is 9.84 Å². The number of pyridine rings is 1. The number of imidazole rings is 1. The lowest BCUT2D eigenvalue weighted by atomic mass is 10.0. The molecule has 0 N–H and O–H groups in total. The lowest BCUT2D eigenvalue weighted by Gasteiger charge is -2.42. The number of carbonyl (C=O) groups is 1. The fourth-order valence-electron chi connectivity index (χ4n) is 4.06. The summed E-state index contributed by atoms with van der Waals surface area (Å²) >= 11 is 0. The molecule has 7 nitrogen and oxygen atoms in total. The second-order valence-corrected chi connectivity index (χ2v) is 9.18. The molecule has 0 aromatic carbocycles. The van der Waals surface area contributed by atoms with Crippen molar-refractivity contribution in [3.8, 4) is 0 Å². The van der Waals surface area contributed by atoms with Gasteiger partial charge in [-0.05, 0) is 26.1 Å². The molecule has 134 valence electrons. The molecule has 0 radical (unpaired) electrons. The molecule has 2 atom stereocenters. The Morgan fingerprint density at radius 2 is 2.00 bits per heavy atom. The molecule has 0 spiro atoms. The largest absolute Gasteiger partial charge is 0.335 e. The monoisotopic (exact) mass is 362 g/mol. The van der Waals surface area contributed by atoms with Gasteiger partial charge >= 0.3 is 0 Å². The highest BCUT2D eigenvalue weighted by Gasteiger charge is 2.46. The molecule has 2 aromatic heterocycles. The SMILES string of the molecule is Cc1nc2ccccn2c1CC(=O)N1CCN(C)[C@H]2CS(=O)(=O)C[C@H]21. The van der Waals surface area contributed by atoms with E-state index in [2.05, 4.69) is 9.88 Å². The molecule has 0 bridgehead atoms. The summed E-state index contributed by atoms with van der Waals surface area (Å²) in [6.07, 6.45) is 2.15. The number of carbonyl (C=O) groups excluding carboxylic acids is 1. The Morgan fingerprint density at radius 3 is 2.80 bits per heavy atom. The average molecular weight is 362 g/mol. The van der Waals surface area contributed by atoms with Crippen LogP contribution in [0.4, 0.5) is 0 Å². The summed E-state index contributed by atoms with van der Waals surface area (Å²) in [7, 11) is -1.15. The maximum atomic E-state index is 13.0. The Bertz CT molecular complexity index is 937. The molecule has 1 amide bonds. The molecule has 8 heteroatoms. The van der Waals surface area contributed by atoms with E-state index in [0.29, 0.717) is 13.1 Å². The van der Waals surface area contributed by atoms with E-state index in [4.69, 9.17) is 0 Å². The van der Waals surface area contributed by atoms with Gasteiger partial charge in [0.25, 0.3) is 0 Å². The number of aromatic nitrogens is 2. The zero-order chi connectivity index (χ0) is 17.8. The van der Waals surface area contributed by atoms with Crippen LogP contribution in [0.3, 0.4) is 0 Å². The normalized spacial score (nSPS) is 26.1. The Hall–Kier alpha value is -1.93. The van der Waals surface area contributed by atoms with Gasteiger partial charge in [0.15, 0.2) is 9.84 Å². The molecule has 25 heavy (non-hydrogen) atoms. The van der Waals surface area contributed by atoms with Crippen molar-refractivity contribution in [2.45, 2.75) is 25.4 Å². The fraction of sp³-hybridized carbons (Fsp3) is 0.529. The molecular formula is C17H22N4O3S. The van der Waals surface area contributed by atoms with Crippen LogP contribution in [0.5, 0.6) is 0 Å². The van der Waals surface area contributed by atoms with Crippen LogP contribution < -0.4 is 0 Å². The van der Waals surface area contributed by atoms with Crippen molar-refractivity contribution in [3.05, 3.63) is 35.8 Å². The molecule has 2 fully saturated rings. The Balaban J connectivity index is 1.61. The highest BCUT2D eigenvalue weighted by Crippen LogP contribution is 2.27. The highest BCUT2D eigenvalue weighted by molar-refractivity contribution is 7.91. The van der Waals surface area contributed by atoms with E-state index >= 15 is 0 Å². The van der Waals surface area contributed by atoms with Gasteiger partial charge in [0, 0.05) is 25.3 Å². The van der Waals surface area contributed by atoms with E-state index in [1.165, 1.54) is 0 Å². The molecule has 4 heterocycles. The number of rotatable bonds is 2. The molecule has 2 aliphatic heterocycles. The van der Waals surface area contributed by atoms with Crippen molar-refractivity contribution >= 4 is 21.4 Å². The first-order chi connectivity index (χ1) is 11.9. The van der Waals surface area contributed by atoms with Crippen LogP contribution in [0.1, 0.15) is 11.4 Å². The molecule has 2 aromatic rings. The zero-order valence-corrected chi connectivity index (χ0v) is 15.2. The van der Waals surface area contributed by atoms with Gasteiger partial charge in [0.2, 0.25) is 5.91 Å². The van der Waals surface area contributed by atoms with Crippen LogP contribution in [-0.2, 0) is 21.1 Å². The molecule has 0 unspecified atom stereocenters. The summed E-state index contributed by atoms with van der Waals surface area (Å²) < 4.78 is 26.1. The predicted molar refractivity (Wildman–Crippen MR) is 94.2 cm³/mol. The number of amides is 1. The number of fused-ring (bicyclic) bond motifs is 2. The summed E-state index contributed by atoms with van der Waals surface area (Å²) in [4.78, 5) is 21.3. The smallest absolute Gasteiger partial charge is 0.228 e. The summed E-state index contributed by atoms with van der Waals surface area (Å²) in [5, 5.41) is 0. The average Bonchev–Trinajstić information content (AvgIpc) is 3.04. The quantitative estimate of drug-likeness (QED) is 0.759. The topological polar surface area (TPSA) is 75.0 Å². The molecule has 2 aliphatic rings. The number of likely N-dealkylation sites (N-methyl/N-ethyl adjacent to an activating group) is 1. The van der Waals surface area contributed by atoms with Gasteiger partial charge in [0.1, 0.15) is 5.65 Å². The summed E-state index contributed by atoms with van der Waals surface area (Å²) in [5.41, 5.74) is 2.53. The lowest BCUT2D eigenvalue weighted by molar-refractivity contribution is -0.135. The molecule has 0 aliphatic carbocycles. The maximum Gasteiger partial charge on any atom is 0.228 e. The highest BCUT2D eigenvalue weighted by atomic mass is 32.2. The second-order valence-electron chi connectivity index (χ2n) is 7.03. The van der Waals surface area contributed by atoms with Gasteiger partial charge in [-0.15, -0.1) is 0 Å². The van der Waals surface area contributed by atoms with Crippen molar-refractivity contribution < 1.29 is 13.2 Å². The Labute approximate surface area is 147 Å². The van der Waals surface area contributed by atoms with Crippen molar-refractivity contribution in [1.82, 2.24) is 19.2 Å². The zero-order valence-electron chi connectivity index (χ0n) is 14.4. The van der Waals surface area contributed by atoms with Gasteiger partial charge in [0.05, 0.1) is 35.4 Å². The van der Waals surface area contributed by atoms with Crippen molar-refractivity contribution in [2.24, 2.45) is 0 Å². The number of piperazine rings is 1. The first kappa shape index (κ1) is 16.5. The predicted octanol–water partition coefficient (Wildman–Crippen LogP) is 0.125. The van der Waals surface area contributed by atoms with Gasteiger partial charge in [-0.3, -0.25) is 9.69 Å². The molecule has 4 rings (SSSR count). The van der Waals surface area contributed by atoms with Crippen molar-refractivity contribution in [1.29, 1.82) is 0 Å². The van der Waals surface area contributed by atoms with Crippen LogP contribution in [0.2, 0.25) is 0 Å². The molecule has 0 saturated carbocycles. The third-order valence-electron chi connectivity index (χ3n) is 5.42. The minimum Gasteiger partial charge on any atom is -0.335 e. The van der Waals surface area contributed by atoms with Crippen LogP contribution in [0.25, 0.3) is 5.65 Å². The molecule has 2 saturated heterocycles. The van der Waals surface area contributed by atoms with Crippen LogP contribution in [0.15, 0.2) is 24.4 Å². The first-order valence-electron chi connectivity index (χ1n) is 8.48. The number of hydrogen-bond donors (Lipinski definition) is 0. The van der Waals surface area contributed by atoms with Crippen LogP contribution >= 0.6 is 0 Å². The minimum atomic E-state index is -3.09. The van der Waals surface area contributed by atoms with Gasteiger partial charge in [-0.2, -0.15) is 0 Å². The third kappa shape index (κ3) is 2.83. The van der Waals surface area contributed by atoms with E-state index in [-0.39, 0.29) is 35.9 Å². The first-order valence-corrected chi connectivity index (χ1v) is 10.3. The lowest BCUT2D eigenvalue weighted by Crippen LogP contribution is -2.59. The maximum absolute atomic E-state index is 13.0. The summed E-state index contributed by atoms with van der Waals surface area (Å²) in [6.45, 7) is 3.18. The van der Waals surface area contributed by atoms with E-state index in [1.54, 1.807) is 4.90 Å². The van der Waals surface area contributed by atoms with Gasteiger partial charge in [-0.25, -0.2) is 13.4 Å². The Kier molecular flexibility index (Phi) is 3.84. The van der Waals surface area contributed by atoms with E-state index in [1.807, 2.05) is 42.8 Å². The number of aryl methyl sites for hydroxylation is 1. The van der Waals surface area contributed by atoms with Crippen molar-refractivity contribution in [3.63, 3.8) is 0 Å². The van der Waals surface area contributed by atoms with Crippen LogP contribution in [-0.4, -0.2) is 77.2 Å². The van der Waals surface area contributed by atoms with Crippen LogP contribution in [0, 0.1) is 6.92 Å².